The number of fused-ring (bicyclic) bond motifs is 1. The summed E-state index contributed by atoms with van der Waals surface area (Å²) < 4.78 is 17.8. The van der Waals surface area contributed by atoms with Crippen molar-refractivity contribution in [2.45, 2.75) is 19.4 Å². The highest BCUT2D eigenvalue weighted by Gasteiger charge is 2.33. The first kappa shape index (κ1) is 24.0. The molecule has 0 unspecified atom stereocenters. The van der Waals surface area contributed by atoms with Crippen LogP contribution in [-0.2, 0) is 9.53 Å². The zero-order chi connectivity index (χ0) is 24.9. The van der Waals surface area contributed by atoms with Crippen molar-refractivity contribution < 1.29 is 19.0 Å². The standard InChI is InChI=1S/C26H23N3O5S/c1-4-18-22(25(31)33-3)23(17-8-6-5-7-9-17)29-24(30)21(35-26(29)28-18)15-16-10-11-19(34-13-12-27)20(14-16)32-2/h5-11,14-15,23H,4,13H2,1-3H3/b21-15-/t23-/m1/s1. The van der Waals surface area contributed by atoms with Gasteiger partial charge in [0.15, 0.2) is 22.9 Å². The van der Waals surface area contributed by atoms with Gasteiger partial charge in [-0.1, -0.05) is 54.7 Å². The van der Waals surface area contributed by atoms with Crippen LogP contribution >= 0.6 is 11.3 Å². The molecule has 2 aromatic carbocycles. The van der Waals surface area contributed by atoms with E-state index in [1.165, 1.54) is 25.6 Å². The predicted molar refractivity (Wildman–Crippen MR) is 131 cm³/mol. The highest BCUT2D eigenvalue weighted by Crippen LogP contribution is 2.32. The highest BCUT2D eigenvalue weighted by molar-refractivity contribution is 7.07. The van der Waals surface area contributed by atoms with Crippen LogP contribution < -0.4 is 24.4 Å². The molecule has 0 N–H and O–H groups in total. The first-order valence-corrected chi connectivity index (χ1v) is 11.7. The molecule has 0 bridgehead atoms. The van der Waals surface area contributed by atoms with Crippen LogP contribution in [0.2, 0.25) is 0 Å². The van der Waals surface area contributed by atoms with Crippen LogP contribution in [0.4, 0.5) is 0 Å². The third-order valence-electron chi connectivity index (χ3n) is 5.54. The lowest BCUT2D eigenvalue weighted by Gasteiger charge is -2.25. The summed E-state index contributed by atoms with van der Waals surface area (Å²) in [5.74, 6) is 0.378. The summed E-state index contributed by atoms with van der Waals surface area (Å²) >= 11 is 1.25. The molecule has 1 atom stereocenters. The number of carbonyl (C=O) groups excluding carboxylic acids is 1. The maximum atomic E-state index is 13.6. The quantitative estimate of drug-likeness (QED) is 0.473. The molecule has 1 aromatic heterocycles. The maximum absolute atomic E-state index is 13.6. The van der Waals surface area contributed by atoms with Gasteiger partial charge in [-0.25, -0.2) is 9.79 Å². The summed E-state index contributed by atoms with van der Waals surface area (Å²) in [7, 11) is 2.83. The topological polar surface area (TPSA) is 103 Å². The molecule has 0 saturated heterocycles. The number of rotatable bonds is 7. The number of esters is 1. The van der Waals surface area contributed by atoms with Crippen molar-refractivity contribution in [3.8, 4) is 17.6 Å². The van der Waals surface area contributed by atoms with E-state index in [4.69, 9.17) is 19.5 Å². The Labute approximate surface area is 205 Å². The fourth-order valence-electron chi connectivity index (χ4n) is 3.97. The lowest BCUT2D eigenvalue weighted by atomic mass is 9.95. The number of hydrogen-bond acceptors (Lipinski definition) is 8. The van der Waals surface area contributed by atoms with E-state index in [1.54, 1.807) is 28.8 Å². The van der Waals surface area contributed by atoms with Gasteiger partial charge in [0.1, 0.15) is 6.07 Å². The lowest BCUT2D eigenvalue weighted by molar-refractivity contribution is -0.136. The van der Waals surface area contributed by atoms with Crippen LogP contribution in [0.3, 0.4) is 0 Å². The second-order valence-electron chi connectivity index (χ2n) is 7.56. The normalized spacial score (nSPS) is 15.1. The molecule has 178 valence electrons. The number of thiazole rings is 1. The Morgan fingerprint density at radius 3 is 2.63 bits per heavy atom. The van der Waals surface area contributed by atoms with Crippen LogP contribution in [0.25, 0.3) is 6.08 Å². The largest absolute Gasteiger partial charge is 0.493 e. The van der Waals surface area contributed by atoms with Crippen molar-refractivity contribution in [1.82, 2.24) is 4.57 Å². The average molecular weight is 490 g/mol. The minimum atomic E-state index is -0.645. The molecule has 0 saturated carbocycles. The molecule has 35 heavy (non-hydrogen) atoms. The Balaban J connectivity index is 1.90. The van der Waals surface area contributed by atoms with E-state index >= 15 is 0 Å². The Bertz CT molecular complexity index is 1510. The molecule has 0 fully saturated rings. The molecule has 1 aliphatic heterocycles. The van der Waals surface area contributed by atoms with Crippen LogP contribution in [0, 0.1) is 11.3 Å². The molecule has 4 rings (SSSR count). The van der Waals surface area contributed by atoms with Crippen molar-refractivity contribution >= 4 is 23.4 Å². The monoisotopic (exact) mass is 489 g/mol. The molecule has 1 aliphatic rings. The number of hydrogen-bond donors (Lipinski definition) is 0. The third kappa shape index (κ3) is 4.61. The van der Waals surface area contributed by atoms with E-state index in [9.17, 15) is 9.59 Å². The van der Waals surface area contributed by atoms with Gasteiger partial charge in [-0.2, -0.15) is 5.26 Å². The van der Waals surface area contributed by atoms with Gasteiger partial charge in [-0.3, -0.25) is 9.36 Å². The first-order chi connectivity index (χ1) is 17.0. The number of carbonyl (C=O) groups is 1. The van der Waals surface area contributed by atoms with E-state index < -0.39 is 12.0 Å². The number of aromatic nitrogens is 1. The number of ether oxygens (including phenoxy) is 3. The van der Waals surface area contributed by atoms with Crippen molar-refractivity contribution in [2.24, 2.45) is 4.99 Å². The van der Waals surface area contributed by atoms with Gasteiger partial charge in [0.25, 0.3) is 5.56 Å². The van der Waals surface area contributed by atoms with E-state index in [0.29, 0.717) is 38.5 Å². The number of methoxy groups -OCH3 is 2. The number of benzene rings is 2. The van der Waals surface area contributed by atoms with Crippen LogP contribution in [0.5, 0.6) is 11.5 Å². The van der Waals surface area contributed by atoms with E-state index in [1.807, 2.05) is 43.3 Å². The van der Waals surface area contributed by atoms with Gasteiger partial charge < -0.3 is 14.2 Å². The molecular formula is C26H23N3O5S. The first-order valence-electron chi connectivity index (χ1n) is 10.9. The van der Waals surface area contributed by atoms with Crippen molar-refractivity contribution in [3.63, 3.8) is 0 Å². The van der Waals surface area contributed by atoms with Gasteiger partial charge >= 0.3 is 5.97 Å². The smallest absolute Gasteiger partial charge is 0.338 e. The van der Waals surface area contributed by atoms with Gasteiger partial charge in [0.05, 0.1) is 36.1 Å². The Kier molecular flexibility index (Phi) is 7.13. The summed E-state index contributed by atoms with van der Waals surface area (Å²) in [6.45, 7) is 1.82. The zero-order valence-corrected chi connectivity index (χ0v) is 20.3. The molecule has 0 spiro atoms. The van der Waals surface area contributed by atoms with Crippen LogP contribution in [-0.4, -0.2) is 31.4 Å². The Hall–Kier alpha value is -4.16. The third-order valence-corrected chi connectivity index (χ3v) is 6.53. The predicted octanol–water partition coefficient (Wildman–Crippen LogP) is 2.71. The van der Waals surface area contributed by atoms with Gasteiger partial charge in [-0.05, 0) is 35.8 Å². The second-order valence-corrected chi connectivity index (χ2v) is 8.57. The molecule has 3 aromatic rings. The molecule has 0 aliphatic carbocycles. The fraction of sp³-hybridized carbons (Fsp3) is 0.231. The molecule has 0 amide bonds. The fourth-order valence-corrected chi connectivity index (χ4v) is 4.99. The van der Waals surface area contributed by atoms with E-state index in [2.05, 4.69) is 4.99 Å². The highest BCUT2D eigenvalue weighted by atomic mass is 32.1. The van der Waals surface area contributed by atoms with Crippen molar-refractivity contribution in [2.75, 3.05) is 20.8 Å². The molecule has 0 radical (unpaired) electrons. The van der Waals surface area contributed by atoms with E-state index in [0.717, 1.165) is 11.1 Å². The van der Waals surface area contributed by atoms with Crippen LogP contribution in [0.1, 0.15) is 30.5 Å². The summed E-state index contributed by atoms with van der Waals surface area (Å²) in [4.78, 5) is 31.6. The molecule has 8 nitrogen and oxygen atoms in total. The summed E-state index contributed by atoms with van der Waals surface area (Å²) in [5, 5.41) is 8.76. The Morgan fingerprint density at radius 1 is 1.20 bits per heavy atom. The van der Waals surface area contributed by atoms with Gasteiger partial charge in [0, 0.05) is 0 Å². The Morgan fingerprint density at radius 2 is 1.97 bits per heavy atom. The van der Waals surface area contributed by atoms with Crippen molar-refractivity contribution in [3.05, 3.63) is 90.6 Å². The number of nitrogens with zero attached hydrogens (tertiary/aromatic N) is 3. The number of allylic oxidation sites excluding steroid dienone is 1. The van der Waals surface area contributed by atoms with Crippen LogP contribution in [0.15, 0.2) is 69.6 Å². The van der Waals surface area contributed by atoms with Crippen molar-refractivity contribution in [1.29, 1.82) is 5.26 Å². The minimum Gasteiger partial charge on any atom is -0.493 e. The average Bonchev–Trinajstić information content (AvgIpc) is 3.20. The summed E-state index contributed by atoms with van der Waals surface area (Å²) in [6, 6.07) is 15.9. The zero-order valence-electron chi connectivity index (χ0n) is 19.5. The molecular weight excluding hydrogens is 466 g/mol. The van der Waals surface area contributed by atoms with E-state index in [-0.39, 0.29) is 12.2 Å². The molecule has 2 heterocycles. The summed E-state index contributed by atoms with van der Waals surface area (Å²) in [6.07, 6.45) is 2.26. The van der Waals surface area contributed by atoms with Gasteiger partial charge in [0.2, 0.25) is 0 Å². The minimum absolute atomic E-state index is 0.101. The molecule has 9 heteroatoms. The SMILES string of the molecule is CCC1=C(C(=O)OC)[C@@H](c2ccccc2)n2c(s/c(=C\c3ccc(OCC#N)c(OC)c3)c2=O)=N1. The maximum Gasteiger partial charge on any atom is 0.338 e. The lowest BCUT2D eigenvalue weighted by Crippen LogP contribution is -2.40. The van der Waals surface area contributed by atoms with Gasteiger partial charge in [-0.15, -0.1) is 0 Å². The number of nitriles is 1. The summed E-state index contributed by atoms with van der Waals surface area (Å²) in [5.41, 5.74) is 2.21. The second kappa shape index (κ2) is 10.4.